The first-order valence-corrected chi connectivity index (χ1v) is 6.94. The van der Waals surface area contributed by atoms with Crippen molar-refractivity contribution >= 4 is 29.0 Å². The Morgan fingerprint density at radius 3 is 2.81 bits per heavy atom. The molecule has 0 saturated heterocycles. The molecule has 8 heteroatoms. The van der Waals surface area contributed by atoms with Gasteiger partial charge in [0.05, 0.1) is 35.2 Å². The molecule has 0 bridgehead atoms. The Morgan fingerprint density at radius 2 is 2.19 bits per heavy atom. The molecule has 0 atom stereocenters. The fraction of sp³-hybridized carbons (Fsp3) is 0.231. The molecule has 0 aliphatic rings. The van der Waals surface area contributed by atoms with Crippen LogP contribution in [0, 0.1) is 6.92 Å². The van der Waals surface area contributed by atoms with Gasteiger partial charge in [-0.05, 0) is 13.0 Å². The maximum atomic E-state index is 12.1. The van der Waals surface area contributed by atoms with E-state index in [1.54, 1.807) is 12.6 Å². The lowest BCUT2D eigenvalue weighted by Crippen LogP contribution is -2.30. The van der Waals surface area contributed by atoms with E-state index in [-0.39, 0.29) is 11.6 Å². The van der Waals surface area contributed by atoms with E-state index in [1.165, 1.54) is 34.7 Å². The molecule has 7 nitrogen and oxygen atoms in total. The largest absolute Gasteiger partial charge is 0.478 e. The lowest BCUT2D eigenvalue weighted by molar-refractivity contribution is 0.0696. The van der Waals surface area contributed by atoms with Crippen LogP contribution >= 0.6 is 11.3 Å². The minimum Gasteiger partial charge on any atom is -0.478 e. The molecule has 21 heavy (non-hydrogen) atoms. The Labute approximate surface area is 125 Å². The number of hydrogen-bond acceptors (Lipinski definition) is 5. The van der Waals surface area contributed by atoms with E-state index in [9.17, 15) is 9.59 Å². The molecule has 2 aromatic rings. The Kier molecular flexibility index (Phi) is 4.49. The summed E-state index contributed by atoms with van der Waals surface area (Å²) < 4.78 is 0. The van der Waals surface area contributed by atoms with E-state index in [1.807, 2.05) is 6.92 Å². The van der Waals surface area contributed by atoms with E-state index in [0.29, 0.717) is 12.2 Å². The van der Waals surface area contributed by atoms with Crippen LogP contribution in [0.1, 0.15) is 20.9 Å². The molecule has 2 N–H and O–H groups in total. The van der Waals surface area contributed by atoms with E-state index >= 15 is 0 Å². The third kappa shape index (κ3) is 3.76. The van der Waals surface area contributed by atoms with Gasteiger partial charge in [0.1, 0.15) is 0 Å². The van der Waals surface area contributed by atoms with Crippen molar-refractivity contribution in [3.05, 3.63) is 40.1 Å². The van der Waals surface area contributed by atoms with Crippen molar-refractivity contribution in [2.75, 3.05) is 12.4 Å². The molecule has 0 aromatic carbocycles. The average Bonchev–Trinajstić information content (AvgIpc) is 2.84. The van der Waals surface area contributed by atoms with Crippen molar-refractivity contribution in [3.8, 4) is 0 Å². The molecule has 0 radical (unpaired) electrons. The summed E-state index contributed by atoms with van der Waals surface area (Å²) in [6, 6.07) is 1.02. The third-order valence-corrected chi connectivity index (χ3v) is 3.73. The molecule has 0 fully saturated rings. The molecule has 0 saturated carbocycles. The number of carboxylic acid groups (broad SMARTS) is 1. The topological polar surface area (TPSA) is 95.4 Å². The van der Waals surface area contributed by atoms with E-state index in [0.717, 1.165) is 10.6 Å². The smallest absolute Gasteiger partial charge is 0.337 e. The van der Waals surface area contributed by atoms with Gasteiger partial charge >= 0.3 is 12.0 Å². The van der Waals surface area contributed by atoms with Gasteiger partial charge < -0.3 is 15.3 Å². The molecule has 2 amide bonds. The van der Waals surface area contributed by atoms with Gasteiger partial charge in [-0.3, -0.25) is 4.98 Å². The van der Waals surface area contributed by atoms with Crippen LogP contribution in [0.25, 0.3) is 0 Å². The summed E-state index contributed by atoms with van der Waals surface area (Å²) >= 11 is 1.49. The predicted molar refractivity (Wildman–Crippen MR) is 78.5 cm³/mol. The first kappa shape index (κ1) is 14.9. The van der Waals surface area contributed by atoms with Gasteiger partial charge in [-0.2, -0.15) is 0 Å². The summed E-state index contributed by atoms with van der Waals surface area (Å²) in [5, 5.41) is 11.5. The number of urea groups is 1. The van der Waals surface area contributed by atoms with Crippen LogP contribution in [0.15, 0.2) is 24.0 Å². The number of carbonyl (C=O) groups is 2. The van der Waals surface area contributed by atoms with Gasteiger partial charge in [-0.1, -0.05) is 0 Å². The number of hydrogen-bond donors (Lipinski definition) is 2. The van der Waals surface area contributed by atoms with Gasteiger partial charge in [0.2, 0.25) is 0 Å². The zero-order valence-corrected chi connectivity index (χ0v) is 12.3. The highest BCUT2D eigenvalue weighted by molar-refractivity contribution is 7.09. The fourth-order valence-corrected chi connectivity index (χ4v) is 2.44. The van der Waals surface area contributed by atoms with Gasteiger partial charge in [0.25, 0.3) is 0 Å². The second-order valence-corrected chi connectivity index (χ2v) is 5.35. The van der Waals surface area contributed by atoms with Crippen molar-refractivity contribution in [1.29, 1.82) is 0 Å². The van der Waals surface area contributed by atoms with Crippen LogP contribution < -0.4 is 5.32 Å². The quantitative estimate of drug-likeness (QED) is 0.903. The van der Waals surface area contributed by atoms with E-state index < -0.39 is 5.97 Å². The highest BCUT2D eigenvalue weighted by atomic mass is 32.1. The van der Waals surface area contributed by atoms with Gasteiger partial charge in [-0.15, -0.1) is 11.3 Å². The number of pyridine rings is 1. The number of nitrogens with one attached hydrogen (secondary N) is 1. The molecule has 0 aliphatic heterocycles. The third-order valence-electron chi connectivity index (χ3n) is 2.81. The first-order chi connectivity index (χ1) is 9.97. The molecule has 0 unspecified atom stereocenters. The fourth-order valence-electron chi connectivity index (χ4n) is 1.61. The number of carbonyl (C=O) groups excluding carboxylic acids is 1. The zero-order valence-electron chi connectivity index (χ0n) is 11.5. The highest BCUT2D eigenvalue weighted by Gasteiger charge is 2.13. The second-order valence-electron chi connectivity index (χ2n) is 4.41. The monoisotopic (exact) mass is 306 g/mol. The second kappa shape index (κ2) is 6.31. The summed E-state index contributed by atoms with van der Waals surface area (Å²) in [5.41, 5.74) is 2.99. The Hall–Kier alpha value is -2.48. The lowest BCUT2D eigenvalue weighted by atomic mass is 10.2. The van der Waals surface area contributed by atoms with Crippen molar-refractivity contribution in [3.63, 3.8) is 0 Å². The Morgan fingerprint density at radius 1 is 1.43 bits per heavy atom. The number of aryl methyl sites for hydroxylation is 1. The molecule has 0 aliphatic carbocycles. The molecule has 2 aromatic heterocycles. The normalized spacial score (nSPS) is 10.2. The Balaban J connectivity index is 2.02. The van der Waals surface area contributed by atoms with Gasteiger partial charge in [0.15, 0.2) is 0 Å². The van der Waals surface area contributed by atoms with Crippen LogP contribution in [0.4, 0.5) is 10.5 Å². The van der Waals surface area contributed by atoms with Crippen LogP contribution in [-0.2, 0) is 6.54 Å². The number of aromatic nitrogens is 2. The lowest BCUT2D eigenvalue weighted by Gasteiger charge is -2.17. The van der Waals surface area contributed by atoms with Gasteiger partial charge in [0, 0.05) is 18.1 Å². The Bertz CT molecular complexity index is 671. The summed E-state index contributed by atoms with van der Waals surface area (Å²) in [6.45, 7) is 2.33. The van der Waals surface area contributed by atoms with Crippen LogP contribution in [0.3, 0.4) is 0 Å². The zero-order chi connectivity index (χ0) is 15.4. The first-order valence-electron chi connectivity index (χ1n) is 6.07. The van der Waals surface area contributed by atoms with Crippen molar-refractivity contribution < 1.29 is 14.7 Å². The molecule has 0 spiro atoms. The molecule has 2 rings (SSSR count). The minimum atomic E-state index is -1.09. The molecule has 2 heterocycles. The molecule has 110 valence electrons. The van der Waals surface area contributed by atoms with Crippen molar-refractivity contribution in [1.82, 2.24) is 14.9 Å². The number of thiazole rings is 1. The van der Waals surface area contributed by atoms with Crippen molar-refractivity contribution in [2.45, 2.75) is 13.5 Å². The van der Waals surface area contributed by atoms with Crippen molar-refractivity contribution in [2.24, 2.45) is 0 Å². The number of rotatable bonds is 4. The number of anilines is 1. The number of carboxylic acids is 1. The average molecular weight is 306 g/mol. The highest BCUT2D eigenvalue weighted by Crippen LogP contribution is 2.15. The molecular formula is C13H14N4O3S. The minimum absolute atomic E-state index is 0.0220. The maximum absolute atomic E-state index is 12.1. The summed E-state index contributed by atoms with van der Waals surface area (Å²) in [6.07, 6.45) is 2.62. The van der Waals surface area contributed by atoms with E-state index in [2.05, 4.69) is 15.3 Å². The number of aromatic carboxylic acids is 1. The predicted octanol–water partition coefficient (Wildman–Crippen LogP) is 2.21. The SMILES string of the molecule is Cc1ncsc1CN(C)C(=O)Nc1cncc(C(=O)O)c1. The summed E-state index contributed by atoms with van der Waals surface area (Å²) in [4.78, 5) is 33.3. The number of nitrogens with zero attached hydrogens (tertiary/aromatic N) is 3. The van der Waals surface area contributed by atoms with Crippen LogP contribution in [-0.4, -0.2) is 39.0 Å². The van der Waals surface area contributed by atoms with Crippen LogP contribution in [0.2, 0.25) is 0 Å². The molecular weight excluding hydrogens is 292 g/mol. The standard InChI is InChI=1S/C13H14N4O3S/c1-8-11(21-7-15-8)6-17(2)13(20)16-10-3-9(12(18)19)4-14-5-10/h3-5,7H,6H2,1-2H3,(H,16,20)(H,18,19). The van der Waals surface area contributed by atoms with Crippen LogP contribution in [0.5, 0.6) is 0 Å². The summed E-state index contributed by atoms with van der Waals surface area (Å²) in [5.74, 6) is -1.09. The summed E-state index contributed by atoms with van der Waals surface area (Å²) in [7, 11) is 1.66. The van der Waals surface area contributed by atoms with E-state index in [4.69, 9.17) is 5.11 Å². The number of amides is 2. The maximum Gasteiger partial charge on any atom is 0.337 e. The van der Waals surface area contributed by atoms with Gasteiger partial charge in [-0.25, -0.2) is 14.6 Å².